The first-order chi connectivity index (χ1) is 6.86. The smallest absolute Gasteiger partial charge is 0.256 e. The second kappa shape index (κ2) is 7.58. The summed E-state index contributed by atoms with van der Waals surface area (Å²) in [6.07, 6.45) is 6.63. The molecule has 1 N–H and O–H groups in total. The van der Waals surface area contributed by atoms with Gasteiger partial charge in [-0.1, -0.05) is 19.3 Å². The minimum Gasteiger partial charge on any atom is -0.322 e. The van der Waals surface area contributed by atoms with Gasteiger partial charge in [0, 0.05) is 6.04 Å². The Hall–Kier alpha value is 0.310. The van der Waals surface area contributed by atoms with Crippen LogP contribution >= 0.6 is 8.53 Å². The minimum absolute atomic E-state index is 0.618. The number of hydrogen-bond donors (Lipinski definition) is 1. The fourth-order valence-electron chi connectivity index (χ4n) is 1.73. The normalized spacial score (nSPS) is 19.1. The van der Waals surface area contributed by atoms with E-state index in [0.717, 1.165) is 13.2 Å². The third-order valence-corrected chi connectivity index (χ3v) is 3.95. The lowest BCUT2D eigenvalue weighted by Crippen LogP contribution is -2.28. The van der Waals surface area contributed by atoms with Gasteiger partial charge in [-0.3, -0.25) is 0 Å². The maximum atomic E-state index is 5.52. The molecule has 0 bridgehead atoms. The van der Waals surface area contributed by atoms with Crippen molar-refractivity contribution in [3.63, 3.8) is 0 Å². The minimum atomic E-state index is -0.834. The van der Waals surface area contributed by atoms with E-state index in [1.165, 1.54) is 32.1 Å². The lowest BCUT2D eigenvalue weighted by molar-refractivity contribution is 0.251. The monoisotopic (exact) mass is 219 g/mol. The highest BCUT2D eigenvalue weighted by Crippen LogP contribution is 2.35. The maximum absolute atomic E-state index is 5.52. The van der Waals surface area contributed by atoms with Crippen molar-refractivity contribution in [2.45, 2.75) is 52.0 Å². The SMILES string of the molecule is CCOP(NC1CCCCC1)OCC. The van der Waals surface area contributed by atoms with E-state index >= 15 is 0 Å². The van der Waals surface area contributed by atoms with Gasteiger partial charge in [0.1, 0.15) is 0 Å². The summed E-state index contributed by atoms with van der Waals surface area (Å²) >= 11 is 0. The molecule has 0 spiro atoms. The summed E-state index contributed by atoms with van der Waals surface area (Å²) in [6, 6.07) is 0.618. The number of hydrogen-bond acceptors (Lipinski definition) is 3. The summed E-state index contributed by atoms with van der Waals surface area (Å²) in [4.78, 5) is 0. The van der Waals surface area contributed by atoms with Crippen LogP contribution in [0.5, 0.6) is 0 Å². The van der Waals surface area contributed by atoms with Gasteiger partial charge in [0.25, 0.3) is 8.53 Å². The summed E-state index contributed by atoms with van der Waals surface area (Å²) in [7, 11) is -0.834. The van der Waals surface area contributed by atoms with Crippen LogP contribution in [0.3, 0.4) is 0 Å². The first-order valence-electron chi connectivity index (χ1n) is 5.69. The second-order valence-electron chi connectivity index (χ2n) is 3.56. The van der Waals surface area contributed by atoms with E-state index in [1.807, 2.05) is 13.8 Å². The molecule has 0 atom stereocenters. The third-order valence-electron chi connectivity index (χ3n) is 2.39. The molecule has 1 fully saturated rings. The van der Waals surface area contributed by atoms with Gasteiger partial charge in [0.05, 0.1) is 13.2 Å². The highest BCUT2D eigenvalue weighted by molar-refractivity contribution is 7.44. The summed E-state index contributed by atoms with van der Waals surface area (Å²) in [5.41, 5.74) is 0. The molecule has 4 heteroatoms. The van der Waals surface area contributed by atoms with Crippen LogP contribution in [0.15, 0.2) is 0 Å². The standard InChI is InChI=1S/C10H22NO2P/c1-3-12-14(13-4-2)11-10-8-6-5-7-9-10/h10-11H,3-9H2,1-2H3. The molecule has 0 aliphatic heterocycles. The molecule has 84 valence electrons. The Bertz CT molecular complexity index is 134. The van der Waals surface area contributed by atoms with Crippen LogP contribution in [0.25, 0.3) is 0 Å². The van der Waals surface area contributed by atoms with Crippen molar-refractivity contribution in [3.05, 3.63) is 0 Å². The summed E-state index contributed by atoms with van der Waals surface area (Å²) in [5.74, 6) is 0. The molecule has 0 aromatic heterocycles. The van der Waals surface area contributed by atoms with E-state index in [0.29, 0.717) is 6.04 Å². The van der Waals surface area contributed by atoms with Crippen molar-refractivity contribution < 1.29 is 9.05 Å². The molecule has 1 saturated carbocycles. The molecule has 1 aliphatic rings. The van der Waals surface area contributed by atoms with E-state index in [-0.39, 0.29) is 0 Å². The summed E-state index contributed by atoms with van der Waals surface area (Å²) < 4.78 is 11.0. The molecule has 0 heterocycles. The molecule has 1 aliphatic carbocycles. The predicted molar refractivity (Wildman–Crippen MR) is 60.2 cm³/mol. The number of nitrogens with one attached hydrogen (secondary N) is 1. The molecule has 0 radical (unpaired) electrons. The topological polar surface area (TPSA) is 30.5 Å². The van der Waals surface area contributed by atoms with E-state index in [2.05, 4.69) is 5.09 Å². The van der Waals surface area contributed by atoms with Crippen LogP contribution in [0.4, 0.5) is 0 Å². The average Bonchev–Trinajstić information content (AvgIpc) is 2.20. The zero-order chi connectivity index (χ0) is 10.2. The van der Waals surface area contributed by atoms with Gasteiger partial charge in [-0.05, 0) is 26.7 Å². The first kappa shape index (κ1) is 12.4. The summed E-state index contributed by atoms with van der Waals surface area (Å²) in [6.45, 7) is 5.48. The van der Waals surface area contributed by atoms with Crippen LogP contribution in [-0.2, 0) is 9.05 Å². The molecule has 14 heavy (non-hydrogen) atoms. The van der Waals surface area contributed by atoms with E-state index in [9.17, 15) is 0 Å². The molecule has 0 unspecified atom stereocenters. The molecule has 0 amide bonds. The Balaban J connectivity index is 2.21. The van der Waals surface area contributed by atoms with Gasteiger partial charge in [0.15, 0.2) is 0 Å². The van der Waals surface area contributed by atoms with Crippen LogP contribution in [0, 0.1) is 0 Å². The highest BCUT2D eigenvalue weighted by atomic mass is 31.2. The van der Waals surface area contributed by atoms with Crippen LogP contribution in [-0.4, -0.2) is 19.3 Å². The molecule has 1 rings (SSSR count). The van der Waals surface area contributed by atoms with E-state index < -0.39 is 8.53 Å². The zero-order valence-electron chi connectivity index (χ0n) is 9.29. The van der Waals surface area contributed by atoms with Gasteiger partial charge >= 0.3 is 0 Å². The van der Waals surface area contributed by atoms with Crippen molar-refractivity contribution in [1.29, 1.82) is 0 Å². The van der Waals surface area contributed by atoms with Gasteiger partial charge in [-0.25, -0.2) is 5.09 Å². The lowest BCUT2D eigenvalue weighted by atomic mass is 9.96. The van der Waals surface area contributed by atoms with Crippen molar-refractivity contribution in [2.24, 2.45) is 0 Å². The molecule has 0 saturated heterocycles. The van der Waals surface area contributed by atoms with Crippen molar-refractivity contribution >= 4 is 8.53 Å². The third kappa shape index (κ3) is 4.70. The predicted octanol–water partition coefficient (Wildman–Crippen LogP) is 3.21. The quantitative estimate of drug-likeness (QED) is 0.696. The molecule has 0 aromatic rings. The molecular formula is C10H22NO2P. The Morgan fingerprint density at radius 3 is 2.14 bits per heavy atom. The lowest BCUT2D eigenvalue weighted by Gasteiger charge is -2.26. The van der Waals surface area contributed by atoms with Gasteiger partial charge in [-0.15, -0.1) is 0 Å². The molecule has 3 nitrogen and oxygen atoms in total. The Labute approximate surface area is 88.5 Å². The number of rotatable bonds is 6. The summed E-state index contributed by atoms with van der Waals surface area (Å²) in [5, 5.41) is 3.48. The fraction of sp³-hybridized carbons (Fsp3) is 1.00. The van der Waals surface area contributed by atoms with Gasteiger partial charge in [-0.2, -0.15) is 0 Å². The van der Waals surface area contributed by atoms with Crippen molar-refractivity contribution in [2.75, 3.05) is 13.2 Å². The molecule has 0 aromatic carbocycles. The van der Waals surface area contributed by atoms with Crippen LogP contribution < -0.4 is 5.09 Å². The zero-order valence-corrected chi connectivity index (χ0v) is 10.2. The van der Waals surface area contributed by atoms with Crippen molar-refractivity contribution in [3.8, 4) is 0 Å². The van der Waals surface area contributed by atoms with Gasteiger partial charge < -0.3 is 9.05 Å². The molecular weight excluding hydrogens is 197 g/mol. The maximum Gasteiger partial charge on any atom is 0.256 e. The second-order valence-corrected chi connectivity index (χ2v) is 4.85. The largest absolute Gasteiger partial charge is 0.322 e. The van der Waals surface area contributed by atoms with E-state index in [1.54, 1.807) is 0 Å². The fourth-order valence-corrected chi connectivity index (χ4v) is 2.98. The Morgan fingerprint density at radius 2 is 1.64 bits per heavy atom. The van der Waals surface area contributed by atoms with Gasteiger partial charge in [0.2, 0.25) is 0 Å². The van der Waals surface area contributed by atoms with Crippen molar-refractivity contribution in [1.82, 2.24) is 5.09 Å². The van der Waals surface area contributed by atoms with Crippen LogP contribution in [0.1, 0.15) is 46.0 Å². The first-order valence-corrected chi connectivity index (χ1v) is 6.86. The average molecular weight is 219 g/mol. The Morgan fingerprint density at radius 1 is 1.07 bits per heavy atom. The van der Waals surface area contributed by atoms with E-state index in [4.69, 9.17) is 9.05 Å². The van der Waals surface area contributed by atoms with Crippen LogP contribution in [0.2, 0.25) is 0 Å². The Kier molecular flexibility index (Phi) is 6.70. The highest BCUT2D eigenvalue weighted by Gasteiger charge is 2.18.